The van der Waals surface area contributed by atoms with Gasteiger partial charge in [-0.05, 0) is 44.0 Å². The molecule has 1 atom stereocenters. The van der Waals surface area contributed by atoms with Gasteiger partial charge in [0.2, 0.25) is 5.91 Å². The van der Waals surface area contributed by atoms with Crippen LogP contribution in [0.25, 0.3) is 0 Å². The molecule has 0 aromatic heterocycles. The standard InChI is InChI=1S/C15H20BrN3O/c1-18-13-5-4-11(16)9-14(13)19(10-15(18)20)8-6-12-3-2-7-17-12/h4-5,9,12,17H,2-3,6-8,10H2,1H3. The first-order chi connectivity index (χ1) is 9.65. The SMILES string of the molecule is CN1C(=O)CN(CCC2CCCN2)c2cc(Br)ccc21. The summed E-state index contributed by atoms with van der Waals surface area (Å²) in [5, 5.41) is 3.52. The van der Waals surface area contributed by atoms with Crippen LogP contribution in [-0.2, 0) is 4.79 Å². The van der Waals surface area contributed by atoms with Crippen molar-refractivity contribution in [1.82, 2.24) is 5.32 Å². The smallest absolute Gasteiger partial charge is 0.246 e. The van der Waals surface area contributed by atoms with E-state index in [1.165, 1.54) is 12.8 Å². The molecule has 1 amide bonds. The van der Waals surface area contributed by atoms with Crippen LogP contribution in [0, 0.1) is 0 Å². The zero-order valence-electron chi connectivity index (χ0n) is 11.7. The number of nitrogens with one attached hydrogen (secondary N) is 1. The largest absolute Gasteiger partial charge is 0.360 e. The number of anilines is 2. The molecule has 2 aliphatic heterocycles. The first-order valence-electron chi connectivity index (χ1n) is 7.19. The Balaban J connectivity index is 1.78. The molecule has 1 fully saturated rings. The highest BCUT2D eigenvalue weighted by molar-refractivity contribution is 9.10. The van der Waals surface area contributed by atoms with E-state index in [1.54, 1.807) is 4.90 Å². The van der Waals surface area contributed by atoms with E-state index in [0.717, 1.165) is 35.4 Å². The lowest BCUT2D eigenvalue weighted by molar-refractivity contribution is -0.117. The fourth-order valence-corrected chi connectivity index (χ4v) is 3.39. The Hall–Kier alpha value is -1.07. The maximum Gasteiger partial charge on any atom is 0.246 e. The Kier molecular flexibility index (Phi) is 3.98. The van der Waals surface area contributed by atoms with Crippen molar-refractivity contribution >= 4 is 33.2 Å². The van der Waals surface area contributed by atoms with Gasteiger partial charge in [0.05, 0.1) is 17.9 Å². The van der Waals surface area contributed by atoms with E-state index in [9.17, 15) is 4.79 Å². The van der Waals surface area contributed by atoms with Gasteiger partial charge >= 0.3 is 0 Å². The van der Waals surface area contributed by atoms with Crippen LogP contribution in [0.15, 0.2) is 22.7 Å². The average molecular weight is 338 g/mol. The van der Waals surface area contributed by atoms with E-state index in [2.05, 4.69) is 32.2 Å². The number of nitrogens with zero attached hydrogens (tertiary/aromatic N) is 2. The molecule has 108 valence electrons. The number of benzene rings is 1. The van der Waals surface area contributed by atoms with Crippen molar-refractivity contribution in [1.29, 1.82) is 0 Å². The average Bonchev–Trinajstić information content (AvgIpc) is 2.94. The molecule has 5 heteroatoms. The second-order valence-corrected chi connectivity index (χ2v) is 6.50. The minimum absolute atomic E-state index is 0.166. The van der Waals surface area contributed by atoms with Crippen LogP contribution < -0.4 is 15.1 Å². The molecule has 2 heterocycles. The van der Waals surface area contributed by atoms with Crippen LogP contribution in [0.5, 0.6) is 0 Å². The van der Waals surface area contributed by atoms with Gasteiger partial charge in [0.1, 0.15) is 0 Å². The highest BCUT2D eigenvalue weighted by Gasteiger charge is 2.27. The number of halogens is 1. The van der Waals surface area contributed by atoms with Crippen LogP contribution in [-0.4, -0.2) is 38.6 Å². The molecule has 3 rings (SSSR count). The third-order valence-corrected chi connectivity index (χ3v) is 4.74. The summed E-state index contributed by atoms with van der Waals surface area (Å²) in [7, 11) is 1.85. The fourth-order valence-electron chi connectivity index (χ4n) is 3.04. The molecule has 20 heavy (non-hydrogen) atoms. The van der Waals surface area contributed by atoms with Gasteiger partial charge in [-0.2, -0.15) is 0 Å². The summed E-state index contributed by atoms with van der Waals surface area (Å²) in [4.78, 5) is 16.1. The zero-order chi connectivity index (χ0) is 14.1. The maximum absolute atomic E-state index is 12.1. The number of hydrogen-bond acceptors (Lipinski definition) is 3. The molecule has 0 radical (unpaired) electrons. The Bertz CT molecular complexity index is 514. The van der Waals surface area contributed by atoms with Crippen molar-refractivity contribution in [3.8, 4) is 0 Å². The molecule has 0 bridgehead atoms. The van der Waals surface area contributed by atoms with Crippen molar-refractivity contribution in [2.45, 2.75) is 25.3 Å². The Labute approximate surface area is 128 Å². The van der Waals surface area contributed by atoms with Crippen molar-refractivity contribution in [3.63, 3.8) is 0 Å². The van der Waals surface area contributed by atoms with Gasteiger partial charge < -0.3 is 15.1 Å². The van der Waals surface area contributed by atoms with Gasteiger partial charge in [0.25, 0.3) is 0 Å². The minimum Gasteiger partial charge on any atom is -0.360 e. The molecule has 1 unspecified atom stereocenters. The normalized spacial score (nSPS) is 22.3. The lowest BCUT2D eigenvalue weighted by atomic mass is 10.1. The van der Waals surface area contributed by atoms with Gasteiger partial charge in [0, 0.05) is 24.1 Å². The summed E-state index contributed by atoms with van der Waals surface area (Å²) in [6, 6.07) is 6.72. The lowest BCUT2D eigenvalue weighted by Gasteiger charge is -2.36. The molecule has 1 aromatic carbocycles. The zero-order valence-corrected chi connectivity index (χ0v) is 13.3. The first-order valence-corrected chi connectivity index (χ1v) is 7.99. The summed E-state index contributed by atoms with van der Waals surface area (Å²) in [6.07, 6.45) is 3.63. The predicted octanol–water partition coefficient (Wildman–Crippen LogP) is 2.37. The molecule has 0 saturated carbocycles. The van der Waals surface area contributed by atoms with Crippen LogP contribution in [0.3, 0.4) is 0 Å². The van der Waals surface area contributed by atoms with Crippen molar-refractivity contribution in [2.75, 3.05) is 36.5 Å². The summed E-state index contributed by atoms with van der Waals surface area (Å²) in [5.41, 5.74) is 2.16. The monoisotopic (exact) mass is 337 g/mol. The molecular formula is C15H20BrN3O. The number of rotatable bonds is 3. The number of likely N-dealkylation sites (N-methyl/N-ethyl adjacent to an activating group) is 1. The number of hydrogen-bond donors (Lipinski definition) is 1. The molecule has 0 spiro atoms. The molecule has 1 N–H and O–H groups in total. The van der Waals surface area contributed by atoms with E-state index in [-0.39, 0.29) is 5.91 Å². The fraction of sp³-hybridized carbons (Fsp3) is 0.533. The van der Waals surface area contributed by atoms with Crippen LogP contribution in [0.2, 0.25) is 0 Å². The first kappa shape index (κ1) is 13.9. The van der Waals surface area contributed by atoms with E-state index < -0.39 is 0 Å². The topological polar surface area (TPSA) is 35.6 Å². The predicted molar refractivity (Wildman–Crippen MR) is 85.4 cm³/mol. The summed E-state index contributed by atoms with van der Waals surface area (Å²) < 4.78 is 1.06. The molecule has 1 aromatic rings. The van der Waals surface area contributed by atoms with Gasteiger partial charge in [-0.3, -0.25) is 4.79 Å². The lowest BCUT2D eigenvalue weighted by Crippen LogP contribution is -2.45. The summed E-state index contributed by atoms with van der Waals surface area (Å²) in [6.45, 7) is 2.54. The Morgan fingerprint density at radius 2 is 2.25 bits per heavy atom. The highest BCUT2D eigenvalue weighted by atomic mass is 79.9. The van der Waals surface area contributed by atoms with Gasteiger partial charge in [0.15, 0.2) is 0 Å². The summed E-state index contributed by atoms with van der Waals surface area (Å²) >= 11 is 3.53. The van der Waals surface area contributed by atoms with Crippen molar-refractivity contribution in [2.24, 2.45) is 0 Å². The molecular weight excluding hydrogens is 318 g/mol. The van der Waals surface area contributed by atoms with E-state index >= 15 is 0 Å². The van der Waals surface area contributed by atoms with Gasteiger partial charge in [-0.1, -0.05) is 15.9 Å². The molecule has 0 aliphatic carbocycles. The maximum atomic E-state index is 12.1. The Morgan fingerprint density at radius 3 is 3.00 bits per heavy atom. The van der Waals surface area contributed by atoms with Gasteiger partial charge in [-0.15, -0.1) is 0 Å². The van der Waals surface area contributed by atoms with Gasteiger partial charge in [-0.25, -0.2) is 0 Å². The minimum atomic E-state index is 0.166. The molecule has 2 aliphatic rings. The molecule has 4 nitrogen and oxygen atoms in total. The number of carbonyl (C=O) groups is 1. The summed E-state index contributed by atoms with van der Waals surface area (Å²) in [5.74, 6) is 0.166. The van der Waals surface area contributed by atoms with Crippen LogP contribution in [0.4, 0.5) is 11.4 Å². The van der Waals surface area contributed by atoms with Crippen molar-refractivity contribution in [3.05, 3.63) is 22.7 Å². The number of carbonyl (C=O) groups excluding carboxylic acids is 1. The third-order valence-electron chi connectivity index (χ3n) is 4.25. The molecule has 1 saturated heterocycles. The van der Waals surface area contributed by atoms with Crippen LogP contribution in [0.1, 0.15) is 19.3 Å². The highest BCUT2D eigenvalue weighted by Crippen LogP contribution is 2.35. The van der Waals surface area contributed by atoms with E-state index in [1.807, 2.05) is 19.2 Å². The van der Waals surface area contributed by atoms with Crippen LogP contribution >= 0.6 is 15.9 Å². The quantitative estimate of drug-likeness (QED) is 0.919. The second kappa shape index (κ2) is 5.74. The second-order valence-electron chi connectivity index (χ2n) is 5.59. The Morgan fingerprint density at radius 1 is 1.40 bits per heavy atom. The number of amides is 1. The van der Waals surface area contributed by atoms with Crippen molar-refractivity contribution < 1.29 is 4.79 Å². The van der Waals surface area contributed by atoms with E-state index in [4.69, 9.17) is 0 Å². The number of fused-ring (bicyclic) bond motifs is 1. The third kappa shape index (κ3) is 2.69. The van der Waals surface area contributed by atoms with E-state index in [0.29, 0.717) is 12.6 Å².